The lowest BCUT2D eigenvalue weighted by Crippen LogP contribution is -2.31. The number of hydrogen-bond donors (Lipinski definition) is 1. The molecule has 1 unspecified atom stereocenters. The first-order valence-corrected chi connectivity index (χ1v) is 6.75. The molecular weight excluding hydrogens is 216 g/mol. The lowest BCUT2D eigenvalue weighted by Gasteiger charge is -2.18. The van der Waals surface area contributed by atoms with E-state index >= 15 is 0 Å². The van der Waals surface area contributed by atoms with Gasteiger partial charge in [0.05, 0.1) is 12.5 Å². The number of nitrogens with one attached hydrogen (secondary N) is 1. The van der Waals surface area contributed by atoms with Crippen LogP contribution in [0.2, 0.25) is 0 Å². The van der Waals surface area contributed by atoms with Gasteiger partial charge in [0.2, 0.25) is 0 Å². The van der Waals surface area contributed by atoms with Crippen LogP contribution < -0.4 is 5.32 Å². The molecule has 0 radical (unpaired) electrons. The first-order valence-electron chi connectivity index (χ1n) is 6.75. The molecule has 0 aliphatic carbocycles. The molecule has 0 amide bonds. The van der Waals surface area contributed by atoms with E-state index in [2.05, 4.69) is 24.1 Å². The van der Waals surface area contributed by atoms with E-state index in [-0.39, 0.29) is 11.9 Å². The van der Waals surface area contributed by atoms with Gasteiger partial charge in [-0.2, -0.15) is 0 Å². The summed E-state index contributed by atoms with van der Waals surface area (Å²) in [4.78, 5) is 13.7. The van der Waals surface area contributed by atoms with Crippen LogP contribution in [0, 0.1) is 5.92 Å². The molecule has 0 saturated carbocycles. The summed E-state index contributed by atoms with van der Waals surface area (Å²) in [5.74, 6) is -0.160. The Labute approximate surface area is 106 Å². The third-order valence-corrected chi connectivity index (χ3v) is 2.86. The molecular formula is C13H28N2O2. The lowest BCUT2D eigenvalue weighted by molar-refractivity contribution is -0.147. The van der Waals surface area contributed by atoms with Crippen molar-refractivity contribution in [3.05, 3.63) is 0 Å². The summed E-state index contributed by atoms with van der Waals surface area (Å²) in [6, 6.07) is 0. The molecule has 0 spiro atoms. The molecule has 1 atom stereocenters. The Morgan fingerprint density at radius 3 is 2.47 bits per heavy atom. The molecule has 0 aromatic heterocycles. The minimum absolute atomic E-state index is 0.0524. The van der Waals surface area contributed by atoms with Crippen molar-refractivity contribution in [1.82, 2.24) is 10.2 Å². The van der Waals surface area contributed by atoms with E-state index < -0.39 is 0 Å². The van der Waals surface area contributed by atoms with Gasteiger partial charge in [-0.3, -0.25) is 4.79 Å². The number of rotatable bonds is 10. The van der Waals surface area contributed by atoms with Gasteiger partial charge in [0, 0.05) is 6.54 Å². The summed E-state index contributed by atoms with van der Waals surface area (Å²) < 4.78 is 4.95. The van der Waals surface area contributed by atoms with E-state index in [4.69, 9.17) is 4.74 Å². The van der Waals surface area contributed by atoms with Crippen LogP contribution >= 0.6 is 0 Å². The fourth-order valence-electron chi connectivity index (χ4n) is 1.65. The van der Waals surface area contributed by atoms with Crippen LogP contribution in [-0.4, -0.2) is 50.2 Å². The maximum atomic E-state index is 11.3. The molecule has 4 heteroatoms. The number of nitrogens with zero attached hydrogens (tertiary/aromatic N) is 1. The minimum atomic E-state index is -0.108. The predicted octanol–water partition coefficient (Wildman–Crippen LogP) is 1.51. The van der Waals surface area contributed by atoms with Crippen LogP contribution in [0.5, 0.6) is 0 Å². The van der Waals surface area contributed by atoms with Gasteiger partial charge in [0.1, 0.15) is 0 Å². The highest BCUT2D eigenvalue weighted by molar-refractivity contribution is 5.72. The molecule has 4 nitrogen and oxygen atoms in total. The fourth-order valence-corrected chi connectivity index (χ4v) is 1.65. The summed E-state index contributed by atoms with van der Waals surface area (Å²) in [7, 11) is 0. The highest BCUT2D eigenvalue weighted by Gasteiger charge is 2.12. The second-order valence-corrected chi connectivity index (χ2v) is 4.24. The minimum Gasteiger partial charge on any atom is -0.466 e. The van der Waals surface area contributed by atoms with Crippen molar-refractivity contribution in [2.45, 2.75) is 34.1 Å². The molecule has 0 aliphatic rings. The number of carbonyl (C=O) groups is 1. The van der Waals surface area contributed by atoms with Crippen LogP contribution in [-0.2, 0) is 9.53 Å². The first-order chi connectivity index (χ1) is 8.15. The Morgan fingerprint density at radius 2 is 1.94 bits per heavy atom. The number of ether oxygens (including phenoxy) is 1. The highest BCUT2D eigenvalue weighted by atomic mass is 16.5. The van der Waals surface area contributed by atoms with E-state index in [0.717, 1.165) is 32.6 Å². The quantitative estimate of drug-likeness (QED) is 0.467. The van der Waals surface area contributed by atoms with Gasteiger partial charge >= 0.3 is 5.97 Å². The average Bonchev–Trinajstić information content (AvgIpc) is 2.33. The van der Waals surface area contributed by atoms with Gasteiger partial charge in [-0.05, 0) is 39.5 Å². The highest BCUT2D eigenvalue weighted by Crippen LogP contribution is 1.97. The van der Waals surface area contributed by atoms with Gasteiger partial charge in [0.15, 0.2) is 0 Å². The molecule has 0 aliphatic heterocycles. The number of carbonyl (C=O) groups excluding carboxylic acids is 1. The van der Waals surface area contributed by atoms with Crippen molar-refractivity contribution in [1.29, 1.82) is 0 Å². The number of hydrogen-bond acceptors (Lipinski definition) is 4. The van der Waals surface area contributed by atoms with E-state index in [1.165, 1.54) is 0 Å². The summed E-state index contributed by atoms with van der Waals surface area (Å²) in [5, 5.41) is 3.30. The van der Waals surface area contributed by atoms with Crippen molar-refractivity contribution >= 4 is 5.97 Å². The fraction of sp³-hybridized carbons (Fsp3) is 0.923. The topological polar surface area (TPSA) is 41.6 Å². The Morgan fingerprint density at radius 1 is 1.29 bits per heavy atom. The van der Waals surface area contributed by atoms with Gasteiger partial charge in [-0.15, -0.1) is 0 Å². The SMILES string of the molecule is CCOC(=O)C(C)CNCCCN(CC)CC. The van der Waals surface area contributed by atoms with Crippen molar-refractivity contribution < 1.29 is 9.53 Å². The Balaban J connectivity index is 3.47. The largest absolute Gasteiger partial charge is 0.466 e. The maximum absolute atomic E-state index is 11.3. The van der Waals surface area contributed by atoms with E-state index in [0.29, 0.717) is 13.2 Å². The Kier molecular flexibility index (Phi) is 10.2. The van der Waals surface area contributed by atoms with Gasteiger partial charge in [-0.1, -0.05) is 20.8 Å². The normalized spacial score (nSPS) is 12.8. The average molecular weight is 244 g/mol. The molecule has 0 aromatic carbocycles. The summed E-state index contributed by atoms with van der Waals surface area (Å²) in [6.45, 7) is 13.6. The van der Waals surface area contributed by atoms with Gasteiger partial charge in [-0.25, -0.2) is 0 Å². The molecule has 0 heterocycles. The molecule has 17 heavy (non-hydrogen) atoms. The molecule has 1 N–H and O–H groups in total. The van der Waals surface area contributed by atoms with Gasteiger partial charge in [0.25, 0.3) is 0 Å². The molecule has 0 rings (SSSR count). The zero-order valence-corrected chi connectivity index (χ0v) is 11.8. The van der Waals surface area contributed by atoms with Crippen LogP contribution in [0.3, 0.4) is 0 Å². The molecule has 102 valence electrons. The molecule has 0 bridgehead atoms. The lowest BCUT2D eigenvalue weighted by atomic mass is 10.2. The summed E-state index contributed by atoms with van der Waals surface area (Å²) >= 11 is 0. The smallest absolute Gasteiger partial charge is 0.309 e. The standard InChI is InChI=1S/C13H28N2O2/c1-5-15(6-2)10-8-9-14-11-12(4)13(16)17-7-3/h12,14H,5-11H2,1-4H3. The second kappa shape index (κ2) is 10.5. The van der Waals surface area contributed by atoms with Gasteiger partial charge < -0.3 is 15.0 Å². The third-order valence-electron chi connectivity index (χ3n) is 2.86. The molecule has 0 aromatic rings. The Hall–Kier alpha value is -0.610. The zero-order valence-electron chi connectivity index (χ0n) is 11.8. The zero-order chi connectivity index (χ0) is 13.1. The molecule has 0 saturated heterocycles. The van der Waals surface area contributed by atoms with Crippen molar-refractivity contribution in [2.75, 3.05) is 39.3 Å². The summed E-state index contributed by atoms with van der Waals surface area (Å²) in [6.07, 6.45) is 1.12. The van der Waals surface area contributed by atoms with Crippen molar-refractivity contribution in [3.63, 3.8) is 0 Å². The maximum Gasteiger partial charge on any atom is 0.309 e. The molecule has 0 fully saturated rings. The third kappa shape index (κ3) is 8.16. The van der Waals surface area contributed by atoms with Crippen LogP contribution in [0.4, 0.5) is 0 Å². The monoisotopic (exact) mass is 244 g/mol. The van der Waals surface area contributed by atoms with E-state index in [9.17, 15) is 4.79 Å². The second-order valence-electron chi connectivity index (χ2n) is 4.24. The Bertz CT molecular complexity index is 194. The first kappa shape index (κ1) is 16.4. The predicted molar refractivity (Wildman–Crippen MR) is 71.1 cm³/mol. The van der Waals surface area contributed by atoms with Crippen LogP contribution in [0.25, 0.3) is 0 Å². The number of esters is 1. The van der Waals surface area contributed by atoms with Crippen molar-refractivity contribution in [2.24, 2.45) is 5.92 Å². The van der Waals surface area contributed by atoms with Crippen LogP contribution in [0.15, 0.2) is 0 Å². The summed E-state index contributed by atoms with van der Waals surface area (Å²) in [5.41, 5.74) is 0. The van der Waals surface area contributed by atoms with Crippen LogP contribution in [0.1, 0.15) is 34.1 Å². The van der Waals surface area contributed by atoms with Crippen molar-refractivity contribution in [3.8, 4) is 0 Å². The van der Waals surface area contributed by atoms with E-state index in [1.54, 1.807) is 0 Å². The van der Waals surface area contributed by atoms with E-state index in [1.807, 2.05) is 13.8 Å².